The topological polar surface area (TPSA) is 88.3 Å². The van der Waals surface area contributed by atoms with Crippen molar-refractivity contribution in [2.24, 2.45) is 0 Å². The summed E-state index contributed by atoms with van der Waals surface area (Å²) in [6, 6.07) is 15.1. The van der Waals surface area contributed by atoms with E-state index in [0.29, 0.717) is 21.5 Å². The van der Waals surface area contributed by atoms with E-state index < -0.39 is 23.5 Å². The van der Waals surface area contributed by atoms with Crippen LogP contribution in [0.3, 0.4) is 0 Å². The Hall–Kier alpha value is -3.12. The number of ether oxygens (including phenoxy) is 1. The van der Waals surface area contributed by atoms with E-state index in [1.165, 1.54) is 13.0 Å². The Bertz CT molecular complexity index is 1040. The van der Waals surface area contributed by atoms with Gasteiger partial charge in [0.2, 0.25) is 0 Å². The minimum atomic E-state index is -1.08. The van der Waals surface area contributed by atoms with Crippen LogP contribution in [0.1, 0.15) is 17.4 Å². The number of aromatic amines is 1. The number of nitrogens with one attached hydrogen (secondary N) is 2. The molecule has 0 spiro atoms. The van der Waals surface area contributed by atoms with Gasteiger partial charge in [0.05, 0.1) is 10.7 Å². The minimum absolute atomic E-state index is 0.0221. The van der Waals surface area contributed by atoms with E-state index in [1.807, 2.05) is 0 Å². The Labute approximate surface area is 153 Å². The molecule has 3 rings (SSSR count). The maximum absolute atomic E-state index is 12.3. The molecule has 7 heteroatoms. The summed E-state index contributed by atoms with van der Waals surface area (Å²) in [5.41, 5.74) is -0.00417. The van der Waals surface area contributed by atoms with E-state index in [-0.39, 0.29) is 5.69 Å². The molecule has 0 aliphatic carbocycles. The van der Waals surface area contributed by atoms with Crippen molar-refractivity contribution in [1.82, 2.24) is 4.98 Å². The number of esters is 1. The molecule has 3 aromatic rings. The van der Waals surface area contributed by atoms with Gasteiger partial charge in [0, 0.05) is 5.39 Å². The van der Waals surface area contributed by atoms with Crippen LogP contribution >= 0.6 is 11.6 Å². The molecule has 0 radical (unpaired) electrons. The van der Waals surface area contributed by atoms with Gasteiger partial charge in [0.25, 0.3) is 11.5 Å². The third-order valence-electron chi connectivity index (χ3n) is 3.76. The Kier molecular flexibility index (Phi) is 5.04. The number of para-hydroxylation sites is 1. The molecule has 6 nitrogen and oxygen atoms in total. The van der Waals surface area contributed by atoms with Crippen molar-refractivity contribution in [3.63, 3.8) is 0 Å². The van der Waals surface area contributed by atoms with Crippen LogP contribution in [0.4, 0.5) is 5.69 Å². The first-order chi connectivity index (χ1) is 12.5. The second kappa shape index (κ2) is 7.41. The molecule has 0 aliphatic heterocycles. The summed E-state index contributed by atoms with van der Waals surface area (Å²) >= 11 is 5.99. The molecule has 0 saturated heterocycles. The second-order valence-corrected chi connectivity index (χ2v) is 6.02. The molecule has 132 valence electrons. The summed E-state index contributed by atoms with van der Waals surface area (Å²) < 4.78 is 5.15. The lowest BCUT2D eigenvalue weighted by Crippen LogP contribution is -2.30. The number of halogens is 1. The number of aromatic nitrogens is 1. The minimum Gasteiger partial charge on any atom is -0.448 e. The number of benzene rings is 2. The highest BCUT2D eigenvalue weighted by atomic mass is 35.5. The van der Waals surface area contributed by atoms with E-state index in [1.54, 1.807) is 48.5 Å². The van der Waals surface area contributed by atoms with Gasteiger partial charge in [-0.25, -0.2) is 4.79 Å². The lowest BCUT2D eigenvalue weighted by atomic mass is 10.1. The van der Waals surface area contributed by atoms with Gasteiger partial charge in [-0.15, -0.1) is 0 Å². The number of fused-ring (bicyclic) bond motifs is 1. The van der Waals surface area contributed by atoms with Gasteiger partial charge in [-0.1, -0.05) is 41.9 Å². The lowest BCUT2D eigenvalue weighted by molar-refractivity contribution is -0.123. The second-order valence-electron chi connectivity index (χ2n) is 5.62. The summed E-state index contributed by atoms with van der Waals surface area (Å²) in [4.78, 5) is 39.0. The van der Waals surface area contributed by atoms with Crippen LogP contribution in [-0.2, 0) is 9.53 Å². The molecule has 1 aromatic heterocycles. The maximum atomic E-state index is 12.3. The maximum Gasteiger partial charge on any atom is 0.355 e. The normalized spacial score (nSPS) is 11.8. The zero-order valence-corrected chi connectivity index (χ0v) is 14.5. The Balaban J connectivity index is 1.74. The van der Waals surface area contributed by atoms with Crippen molar-refractivity contribution in [2.45, 2.75) is 13.0 Å². The van der Waals surface area contributed by atoms with Crippen LogP contribution in [0.2, 0.25) is 5.02 Å². The van der Waals surface area contributed by atoms with Crippen molar-refractivity contribution in [2.75, 3.05) is 5.32 Å². The molecule has 26 heavy (non-hydrogen) atoms. The Morgan fingerprint density at radius 3 is 2.58 bits per heavy atom. The first kappa shape index (κ1) is 17.7. The number of amides is 1. The van der Waals surface area contributed by atoms with Gasteiger partial charge < -0.3 is 15.0 Å². The number of rotatable bonds is 4. The molecule has 0 saturated carbocycles. The van der Waals surface area contributed by atoms with E-state index in [4.69, 9.17) is 16.3 Å². The van der Waals surface area contributed by atoms with Crippen LogP contribution in [-0.4, -0.2) is 23.0 Å². The summed E-state index contributed by atoms with van der Waals surface area (Å²) in [6.45, 7) is 1.43. The number of carbonyl (C=O) groups is 2. The average Bonchev–Trinajstić information content (AvgIpc) is 2.63. The van der Waals surface area contributed by atoms with Gasteiger partial charge in [-0.05, 0) is 36.6 Å². The van der Waals surface area contributed by atoms with Gasteiger partial charge in [0.15, 0.2) is 6.10 Å². The SMILES string of the molecule is C[C@@H](OC(=O)c1cc2ccccc2c(=O)[nH]1)C(=O)Nc1ccccc1Cl. The fraction of sp³-hybridized carbons (Fsp3) is 0.105. The fourth-order valence-electron chi connectivity index (χ4n) is 2.40. The summed E-state index contributed by atoms with van der Waals surface area (Å²) in [5, 5.41) is 4.04. The molecule has 0 aliphatic rings. The molecule has 0 unspecified atom stereocenters. The largest absolute Gasteiger partial charge is 0.448 e. The molecule has 0 bridgehead atoms. The third kappa shape index (κ3) is 3.75. The molecule has 1 amide bonds. The number of pyridine rings is 1. The van der Waals surface area contributed by atoms with Crippen LogP contribution in [0.5, 0.6) is 0 Å². The number of hydrogen-bond acceptors (Lipinski definition) is 4. The third-order valence-corrected chi connectivity index (χ3v) is 4.09. The smallest absolute Gasteiger partial charge is 0.355 e. The quantitative estimate of drug-likeness (QED) is 0.689. The van der Waals surface area contributed by atoms with Crippen molar-refractivity contribution in [3.05, 3.63) is 75.7 Å². The zero-order valence-electron chi connectivity index (χ0n) is 13.8. The molecule has 1 atom stereocenters. The average molecular weight is 371 g/mol. The van der Waals surface area contributed by atoms with Crippen molar-refractivity contribution < 1.29 is 14.3 Å². The van der Waals surface area contributed by atoms with Gasteiger partial charge in [-0.3, -0.25) is 9.59 Å². The monoisotopic (exact) mass is 370 g/mol. The Morgan fingerprint density at radius 2 is 1.81 bits per heavy atom. The van der Waals surface area contributed by atoms with Crippen LogP contribution in [0.25, 0.3) is 10.8 Å². The summed E-state index contributed by atoms with van der Waals surface area (Å²) in [7, 11) is 0. The first-order valence-corrected chi connectivity index (χ1v) is 8.22. The zero-order chi connectivity index (χ0) is 18.7. The number of anilines is 1. The molecule has 1 heterocycles. The van der Waals surface area contributed by atoms with Crippen LogP contribution in [0, 0.1) is 0 Å². The van der Waals surface area contributed by atoms with Crippen LogP contribution < -0.4 is 10.9 Å². The highest BCUT2D eigenvalue weighted by Crippen LogP contribution is 2.20. The first-order valence-electron chi connectivity index (χ1n) is 7.84. The number of carbonyl (C=O) groups excluding carboxylic acids is 2. The van der Waals surface area contributed by atoms with Gasteiger partial charge in [-0.2, -0.15) is 0 Å². The summed E-state index contributed by atoms with van der Waals surface area (Å²) in [5.74, 6) is -1.33. The van der Waals surface area contributed by atoms with Crippen molar-refractivity contribution in [1.29, 1.82) is 0 Å². The Morgan fingerprint density at radius 1 is 1.12 bits per heavy atom. The standard InChI is InChI=1S/C19H15ClN2O4/c1-11(17(23)21-15-9-5-4-8-14(15)20)26-19(25)16-10-12-6-2-3-7-13(12)18(24)22-16/h2-11H,1H3,(H,21,23)(H,22,24)/t11-/m1/s1. The van der Waals surface area contributed by atoms with Gasteiger partial charge >= 0.3 is 5.97 Å². The predicted octanol–water partition coefficient (Wildman–Crippen LogP) is 3.37. The van der Waals surface area contributed by atoms with E-state index >= 15 is 0 Å². The molecular formula is C19H15ClN2O4. The van der Waals surface area contributed by atoms with Crippen molar-refractivity contribution in [3.8, 4) is 0 Å². The molecule has 2 N–H and O–H groups in total. The molecular weight excluding hydrogens is 356 g/mol. The van der Waals surface area contributed by atoms with E-state index in [9.17, 15) is 14.4 Å². The van der Waals surface area contributed by atoms with Crippen molar-refractivity contribution >= 4 is 39.9 Å². The summed E-state index contributed by atoms with van der Waals surface area (Å²) in [6.07, 6.45) is -1.08. The van der Waals surface area contributed by atoms with Crippen LogP contribution in [0.15, 0.2) is 59.4 Å². The molecule has 0 fully saturated rings. The highest BCUT2D eigenvalue weighted by Gasteiger charge is 2.20. The lowest BCUT2D eigenvalue weighted by Gasteiger charge is -2.14. The highest BCUT2D eigenvalue weighted by molar-refractivity contribution is 6.33. The number of H-pyrrole nitrogens is 1. The van der Waals surface area contributed by atoms with E-state index in [0.717, 1.165) is 0 Å². The van der Waals surface area contributed by atoms with Gasteiger partial charge in [0.1, 0.15) is 5.69 Å². The van der Waals surface area contributed by atoms with E-state index in [2.05, 4.69) is 10.3 Å². The predicted molar refractivity (Wildman–Crippen MR) is 99.5 cm³/mol. The molecule has 2 aromatic carbocycles. The fourth-order valence-corrected chi connectivity index (χ4v) is 2.58. The number of hydrogen-bond donors (Lipinski definition) is 2.